The zero-order valence-corrected chi connectivity index (χ0v) is 15.7. The molecular formula is C12H4F6IO4Sb. The molecule has 1 atom stereocenters. The molecule has 0 bridgehead atoms. The van der Waals surface area contributed by atoms with E-state index in [4.69, 9.17) is 0 Å². The average molecular weight is 575 g/mol. The fraction of sp³-hybridized carbons (Fsp3) is 0. The first kappa shape index (κ1) is 19.3. The van der Waals surface area contributed by atoms with E-state index in [0.29, 0.717) is 0 Å². The van der Waals surface area contributed by atoms with Gasteiger partial charge in [-0.05, 0) is 0 Å². The van der Waals surface area contributed by atoms with Crippen LogP contribution in [0, 0.1) is 34.9 Å². The van der Waals surface area contributed by atoms with Crippen molar-refractivity contribution in [3.63, 3.8) is 0 Å². The standard InChI is InChI=1S/C6HF5O.C6H5FO.IO.O.Sb/c7-1-2(8)4(10)6(12)5(11)3(1)9;7-5-3-1-2-4-6(5)8;1-2;;/h12H;1-4,8H;;;/q;;-1;;+3/p-2. The molecule has 4 nitrogen and oxygen atoms in total. The number of hydrogen-bond donors (Lipinski definition) is 0. The summed E-state index contributed by atoms with van der Waals surface area (Å²) in [4.78, 5) is 0. The second-order valence-corrected chi connectivity index (χ2v) is 10.7. The molecule has 2 rings (SSSR count). The first-order valence-corrected chi connectivity index (χ1v) is 10.8. The Morgan fingerprint density at radius 1 is 0.792 bits per heavy atom. The summed E-state index contributed by atoms with van der Waals surface area (Å²) >= 11 is -5.06. The number of para-hydroxylation sites is 1. The normalized spacial score (nSPS) is 13.5. The first-order chi connectivity index (χ1) is 11.2. The van der Waals surface area contributed by atoms with Gasteiger partial charge < -0.3 is 0 Å². The van der Waals surface area contributed by atoms with Crippen molar-refractivity contribution in [1.82, 2.24) is 0 Å². The van der Waals surface area contributed by atoms with Crippen molar-refractivity contribution in [2.24, 2.45) is 0 Å². The fourth-order valence-corrected chi connectivity index (χ4v) is 5.01. The fourth-order valence-electron chi connectivity index (χ4n) is 1.46. The number of halogens is 7. The Labute approximate surface area is 150 Å². The Morgan fingerprint density at radius 3 is 1.79 bits per heavy atom. The molecule has 0 N–H and O–H groups in total. The Morgan fingerprint density at radius 2 is 1.29 bits per heavy atom. The molecule has 0 aliphatic carbocycles. The van der Waals surface area contributed by atoms with Gasteiger partial charge in [-0.15, -0.1) is 0 Å². The van der Waals surface area contributed by atoms with Crippen molar-refractivity contribution >= 4 is 43.1 Å². The van der Waals surface area contributed by atoms with Crippen LogP contribution >= 0.6 is 23.0 Å². The third-order valence-electron chi connectivity index (χ3n) is 2.50. The number of benzene rings is 2. The minimum absolute atomic E-state index is 0.654. The summed E-state index contributed by atoms with van der Waals surface area (Å²) in [6, 6.07) is 4.44. The van der Waals surface area contributed by atoms with E-state index < -0.39 is 66.5 Å². The predicted octanol–water partition coefficient (Wildman–Crippen LogP) is 4.21. The van der Waals surface area contributed by atoms with Gasteiger partial charge in [0.15, 0.2) is 0 Å². The van der Waals surface area contributed by atoms with Crippen LogP contribution in [-0.2, 0) is 4.36 Å². The molecule has 0 saturated heterocycles. The maximum absolute atomic E-state index is 13.5. The topological polar surface area (TPSA) is 44.8 Å². The summed E-state index contributed by atoms with van der Waals surface area (Å²) in [5.41, 5.74) is 0. The van der Waals surface area contributed by atoms with Crippen LogP contribution in [0.1, 0.15) is 0 Å². The van der Waals surface area contributed by atoms with Crippen LogP contribution in [0.25, 0.3) is 0 Å². The van der Waals surface area contributed by atoms with Gasteiger partial charge >= 0.3 is 150 Å². The van der Waals surface area contributed by atoms with Crippen LogP contribution < -0.4 is 6.03 Å². The second kappa shape index (κ2) is 7.44. The molecule has 1 unspecified atom stereocenters. The zero-order chi connectivity index (χ0) is 18.1. The van der Waals surface area contributed by atoms with Gasteiger partial charge in [-0.25, -0.2) is 0 Å². The summed E-state index contributed by atoms with van der Waals surface area (Å²) in [6.45, 7) is 0. The SMILES string of the molecule is [O]=[Sb]([O]I)([O]c1ccccc1F)[O]c1c(F)c(F)c(F)c(F)c1F. The van der Waals surface area contributed by atoms with Crippen molar-refractivity contribution in [3.05, 3.63) is 59.2 Å². The van der Waals surface area contributed by atoms with Gasteiger partial charge in [-0.2, -0.15) is 0 Å². The van der Waals surface area contributed by atoms with Gasteiger partial charge in [-0.3, -0.25) is 0 Å². The van der Waals surface area contributed by atoms with Gasteiger partial charge in [-0.1, -0.05) is 0 Å². The Balaban J connectivity index is 2.44. The van der Waals surface area contributed by atoms with E-state index in [2.05, 4.69) is 7.38 Å². The van der Waals surface area contributed by atoms with Gasteiger partial charge in [0, 0.05) is 0 Å². The van der Waals surface area contributed by atoms with Crippen LogP contribution in [0.15, 0.2) is 24.3 Å². The zero-order valence-electron chi connectivity index (χ0n) is 11.0. The molecule has 0 aromatic heterocycles. The minimum atomic E-state index is -6.03. The molecule has 0 heterocycles. The van der Waals surface area contributed by atoms with Crippen LogP contribution in [-0.4, -0.2) is 20.1 Å². The van der Waals surface area contributed by atoms with E-state index in [9.17, 15) is 29.4 Å². The summed E-state index contributed by atoms with van der Waals surface area (Å²) in [5.74, 6) is -15.3. The molecule has 130 valence electrons. The molecule has 2 aromatic carbocycles. The summed E-state index contributed by atoms with van der Waals surface area (Å²) in [5, 5.41) is 0. The Bertz CT molecular complexity index is 804. The molecule has 24 heavy (non-hydrogen) atoms. The summed E-state index contributed by atoms with van der Waals surface area (Å²) in [7, 11) is 0. The molecule has 0 saturated carbocycles. The van der Waals surface area contributed by atoms with Crippen molar-refractivity contribution in [2.75, 3.05) is 0 Å². The molecule has 0 amide bonds. The molecule has 0 fully saturated rings. The molecule has 2 aromatic rings. The predicted molar refractivity (Wildman–Crippen MR) is 75.4 cm³/mol. The summed E-state index contributed by atoms with van der Waals surface area (Å²) < 4.78 is 105. The Kier molecular flexibility index (Phi) is 5.97. The average Bonchev–Trinajstić information content (AvgIpc) is 2.57. The monoisotopic (exact) mass is 574 g/mol. The van der Waals surface area contributed by atoms with E-state index >= 15 is 0 Å². The van der Waals surface area contributed by atoms with Crippen LogP contribution in [0.2, 0.25) is 0 Å². The van der Waals surface area contributed by atoms with Gasteiger partial charge in [0.2, 0.25) is 0 Å². The van der Waals surface area contributed by atoms with Gasteiger partial charge in [0.05, 0.1) is 0 Å². The van der Waals surface area contributed by atoms with Gasteiger partial charge in [0.25, 0.3) is 0 Å². The van der Waals surface area contributed by atoms with E-state index in [1.54, 1.807) is 0 Å². The number of rotatable bonds is 5. The first-order valence-electron chi connectivity index (χ1n) is 5.75. The third-order valence-corrected chi connectivity index (χ3v) is 8.58. The van der Waals surface area contributed by atoms with Gasteiger partial charge in [0.1, 0.15) is 0 Å². The quantitative estimate of drug-likeness (QED) is 0.177. The van der Waals surface area contributed by atoms with E-state index in [-0.39, 0.29) is 0 Å². The Hall–Kier alpha value is -1.07. The molecular weight excluding hydrogens is 571 g/mol. The summed E-state index contributed by atoms with van der Waals surface area (Å²) in [6.07, 6.45) is 0. The van der Waals surface area contributed by atoms with Crippen molar-refractivity contribution in [2.45, 2.75) is 0 Å². The van der Waals surface area contributed by atoms with Crippen LogP contribution in [0.3, 0.4) is 0 Å². The third kappa shape index (κ3) is 3.77. The maximum atomic E-state index is 13.5. The van der Waals surface area contributed by atoms with Crippen molar-refractivity contribution in [1.29, 1.82) is 0 Å². The van der Waals surface area contributed by atoms with Crippen LogP contribution in [0.4, 0.5) is 26.3 Å². The van der Waals surface area contributed by atoms with E-state index in [1.165, 1.54) is 12.1 Å². The molecule has 0 aliphatic rings. The van der Waals surface area contributed by atoms with Crippen molar-refractivity contribution < 1.29 is 36.7 Å². The molecule has 0 radical (unpaired) electrons. The van der Waals surface area contributed by atoms with Crippen LogP contribution in [0.5, 0.6) is 11.5 Å². The van der Waals surface area contributed by atoms with E-state index in [1.807, 2.05) is 0 Å². The van der Waals surface area contributed by atoms with Crippen molar-refractivity contribution in [3.8, 4) is 11.5 Å². The molecule has 0 spiro atoms. The second-order valence-electron chi connectivity index (χ2n) is 4.03. The van der Waals surface area contributed by atoms with E-state index in [0.717, 1.165) is 35.1 Å². The molecule has 0 aliphatic heterocycles. The number of hydrogen-bond acceptors (Lipinski definition) is 4. The molecule has 12 heteroatoms.